The normalized spacial score (nSPS) is 12.5. The van der Waals surface area contributed by atoms with Crippen molar-refractivity contribution >= 4 is 5.78 Å². The minimum Gasteiger partial charge on any atom is -0.491 e. The van der Waals surface area contributed by atoms with Gasteiger partial charge < -0.3 is 14.4 Å². The molecule has 0 radical (unpaired) electrons. The predicted octanol–water partition coefficient (Wildman–Crippen LogP) is 1.26. The number of hydrogen-bond donors (Lipinski definition) is 1. The topological polar surface area (TPSA) is 81.7 Å². The van der Waals surface area contributed by atoms with Crippen LogP contribution in [0.1, 0.15) is 16.8 Å². The summed E-state index contributed by atoms with van der Waals surface area (Å²) in [6.07, 6.45) is 0.581. The molecule has 2 aromatic heterocycles. The third-order valence-corrected chi connectivity index (χ3v) is 3.91. The highest BCUT2D eigenvalue weighted by Crippen LogP contribution is 2.19. The standard InChI is InChI=1S/C17H20N4O3/c1-11-4-5-12(2)15(6-11)24-9-14(22)8-20-13(3)7-16(23)21-17(20)18-10-19-21/h4-7,10,14,22H,8-9H2,1-3H3/t14-/m1/s1. The van der Waals surface area contributed by atoms with E-state index < -0.39 is 6.10 Å². The van der Waals surface area contributed by atoms with E-state index in [2.05, 4.69) is 10.1 Å². The lowest BCUT2D eigenvalue weighted by Crippen LogP contribution is -2.28. The Morgan fingerprint density at radius 2 is 2.04 bits per heavy atom. The average molecular weight is 328 g/mol. The van der Waals surface area contributed by atoms with Gasteiger partial charge in [0, 0.05) is 11.8 Å². The van der Waals surface area contributed by atoms with Crippen molar-refractivity contribution in [2.75, 3.05) is 6.61 Å². The Hall–Kier alpha value is -2.67. The maximum atomic E-state index is 11.8. The van der Waals surface area contributed by atoms with Crippen LogP contribution in [0.5, 0.6) is 5.75 Å². The first-order chi connectivity index (χ1) is 11.5. The summed E-state index contributed by atoms with van der Waals surface area (Å²) in [6, 6.07) is 7.43. The van der Waals surface area contributed by atoms with Gasteiger partial charge >= 0.3 is 0 Å². The van der Waals surface area contributed by atoms with Gasteiger partial charge in [-0.3, -0.25) is 4.79 Å². The predicted molar refractivity (Wildman–Crippen MR) is 89.4 cm³/mol. The molecule has 7 heteroatoms. The van der Waals surface area contributed by atoms with E-state index in [1.807, 2.05) is 32.0 Å². The molecule has 0 spiro atoms. The van der Waals surface area contributed by atoms with E-state index in [0.717, 1.165) is 16.9 Å². The Labute approximate surface area is 139 Å². The van der Waals surface area contributed by atoms with Crippen LogP contribution < -0.4 is 10.3 Å². The summed E-state index contributed by atoms with van der Waals surface area (Å²) in [7, 11) is 0. The summed E-state index contributed by atoms with van der Waals surface area (Å²) in [5.74, 6) is 1.17. The first-order valence-electron chi connectivity index (χ1n) is 7.74. The zero-order valence-electron chi connectivity index (χ0n) is 13.9. The molecule has 0 bridgehead atoms. The molecular formula is C17H20N4O3. The Balaban J connectivity index is 1.76. The van der Waals surface area contributed by atoms with Crippen molar-refractivity contribution in [1.82, 2.24) is 19.2 Å². The lowest BCUT2D eigenvalue weighted by molar-refractivity contribution is 0.0921. The molecule has 3 aromatic rings. The van der Waals surface area contributed by atoms with E-state index in [4.69, 9.17) is 4.74 Å². The second-order valence-corrected chi connectivity index (χ2v) is 5.94. The van der Waals surface area contributed by atoms with E-state index >= 15 is 0 Å². The van der Waals surface area contributed by atoms with Gasteiger partial charge in [0.1, 0.15) is 24.8 Å². The van der Waals surface area contributed by atoms with Crippen molar-refractivity contribution in [3.8, 4) is 5.75 Å². The summed E-state index contributed by atoms with van der Waals surface area (Å²) in [4.78, 5) is 15.9. The van der Waals surface area contributed by atoms with E-state index in [9.17, 15) is 9.90 Å². The van der Waals surface area contributed by atoms with Crippen molar-refractivity contribution in [2.24, 2.45) is 0 Å². The third-order valence-electron chi connectivity index (χ3n) is 3.91. The van der Waals surface area contributed by atoms with Crippen LogP contribution in [0.3, 0.4) is 0 Å². The number of fused-ring (bicyclic) bond motifs is 1. The molecule has 2 heterocycles. The van der Waals surface area contributed by atoms with Gasteiger partial charge in [0.15, 0.2) is 0 Å². The van der Waals surface area contributed by atoms with Gasteiger partial charge in [-0.25, -0.2) is 0 Å². The van der Waals surface area contributed by atoms with Gasteiger partial charge in [-0.1, -0.05) is 12.1 Å². The molecule has 0 aliphatic rings. The van der Waals surface area contributed by atoms with Crippen LogP contribution in [0.2, 0.25) is 0 Å². The van der Waals surface area contributed by atoms with Gasteiger partial charge in [-0.05, 0) is 38.0 Å². The van der Waals surface area contributed by atoms with E-state index in [0.29, 0.717) is 11.5 Å². The van der Waals surface area contributed by atoms with Crippen LogP contribution >= 0.6 is 0 Å². The van der Waals surface area contributed by atoms with Crippen LogP contribution in [0.15, 0.2) is 35.4 Å². The number of nitrogens with zero attached hydrogens (tertiary/aromatic N) is 4. The summed E-state index contributed by atoms with van der Waals surface area (Å²) in [5.41, 5.74) is 2.60. The van der Waals surface area contributed by atoms with Crippen LogP contribution in [0.25, 0.3) is 5.78 Å². The van der Waals surface area contributed by atoms with Crippen LogP contribution in [-0.2, 0) is 6.54 Å². The van der Waals surface area contributed by atoms with E-state index in [1.165, 1.54) is 16.9 Å². The monoisotopic (exact) mass is 328 g/mol. The number of aromatic nitrogens is 4. The molecule has 0 fully saturated rings. The number of aryl methyl sites for hydroxylation is 3. The van der Waals surface area contributed by atoms with Crippen molar-refractivity contribution in [3.63, 3.8) is 0 Å². The fourth-order valence-corrected chi connectivity index (χ4v) is 2.59. The van der Waals surface area contributed by atoms with Crippen LogP contribution in [-0.4, -0.2) is 37.0 Å². The molecule has 126 valence electrons. The van der Waals surface area contributed by atoms with E-state index in [-0.39, 0.29) is 18.7 Å². The highest BCUT2D eigenvalue weighted by Gasteiger charge is 2.13. The van der Waals surface area contributed by atoms with Crippen LogP contribution in [0.4, 0.5) is 0 Å². The maximum Gasteiger partial charge on any atom is 0.275 e. The molecule has 0 saturated carbocycles. The number of aliphatic hydroxyl groups is 1. The molecule has 1 aromatic carbocycles. The maximum absolute atomic E-state index is 11.8. The number of ether oxygens (including phenoxy) is 1. The zero-order valence-corrected chi connectivity index (χ0v) is 13.9. The fraction of sp³-hybridized carbons (Fsp3) is 0.353. The number of rotatable bonds is 5. The zero-order chi connectivity index (χ0) is 17.3. The highest BCUT2D eigenvalue weighted by molar-refractivity contribution is 5.36. The molecule has 0 aliphatic heterocycles. The van der Waals surface area contributed by atoms with Gasteiger partial charge in [0.2, 0.25) is 5.78 Å². The molecule has 1 atom stereocenters. The van der Waals surface area contributed by atoms with Crippen molar-refractivity contribution in [2.45, 2.75) is 33.4 Å². The smallest absolute Gasteiger partial charge is 0.275 e. The largest absolute Gasteiger partial charge is 0.491 e. The first kappa shape index (κ1) is 16.2. The molecular weight excluding hydrogens is 308 g/mol. The van der Waals surface area contributed by atoms with Crippen molar-refractivity contribution < 1.29 is 9.84 Å². The molecule has 0 amide bonds. The second-order valence-electron chi connectivity index (χ2n) is 5.94. The Bertz CT molecular complexity index is 929. The van der Waals surface area contributed by atoms with Gasteiger partial charge in [-0.2, -0.15) is 14.6 Å². The summed E-state index contributed by atoms with van der Waals surface area (Å²) in [6.45, 7) is 6.17. The minimum atomic E-state index is -0.744. The Morgan fingerprint density at radius 1 is 1.25 bits per heavy atom. The summed E-state index contributed by atoms with van der Waals surface area (Å²) >= 11 is 0. The number of hydrogen-bond acceptors (Lipinski definition) is 5. The van der Waals surface area contributed by atoms with Crippen molar-refractivity contribution in [3.05, 3.63) is 57.8 Å². The number of benzene rings is 1. The molecule has 0 aliphatic carbocycles. The van der Waals surface area contributed by atoms with Gasteiger partial charge in [-0.15, -0.1) is 0 Å². The molecule has 1 N–H and O–H groups in total. The molecule has 24 heavy (non-hydrogen) atoms. The first-order valence-corrected chi connectivity index (χ1v) is 7.74. The fourth-order valence-electron chi connectivity index (χ4n) is 2.59. The lowest BCUT2D eigenvalue weighted by atomic mass is 10.1. The quantitative estimate of drug-likeness (QED) is 0.762. The molecule has 7 nitrogen and oxygen atoms in total. The summed E-state index contributed by atoms with van der Waals surface area (Å²) < 4.78 is 8.71. The molecule has 0 saturated heterocycles. The Morgan fingerprint density at radius 3 is 2.83 bits per heavy atom. The average Bonchev–Trinajstić information content (AvgIpc) is 3.02. The van der Waals surface area contributed by atoms with Crippen LogP contribution in [0, 0.1) is 20.8 Å². The lowest BCUT2D eigenvalue weighted by Gasteiger charge is -2.17. The SMILES string of the molecule is Cc1ccc(C)c(OC[C@H](O)Cn2c(C)cc(=O)n3ncnc23)c1. The molecule has 3 rings (SSSR count). The van der Waals surface area contributed by atoms with Gasteiger partial charge in [0.05, 0.1) is 6.54 Å². The summed E-state index contributed by atoms with van der Waals surface area (Å²) in [5, 5.41) is 14.2. The van der Waals surface area contributed by atoms with E-state index in [1.54, 1.807) is 11.5 Å². The third kappa shape index (κ3) is 3.16. The Kier molecular flexibility index (Phi) is 4.35. The second kappa shape index (κ2) is 6.45. The number of aliphatic hydroxyl groups excluding tert-OH is 1. The molecule has 0 unspecified atom stereocenters. The highest BCUT2D eigenvalue weighted by atomic mass is 16.5. The van der Waals surface area contributed by atoms with Gasteiger partial charge in [0.25, 0.3) is 5.56 Å². The van der Waals surface area contributed by atoms with Crippen molar-refractivity contribution in [1.29, 1.82) is 0 Å². The minimum absolute atomic E-state index is 0.149.